The van der Waals surface area contributed by atoms with Crippen LogP contribution in [0.4, 0.5) is 0 Å². The van der Waals surface area contributed by atoms with Crippen LogP contribution in [0.5, 0.6) is 0 Å². The van der Waals surface area contributed by atoms with Crippen molar-refractivity contribution in [1.82, 2.24) is 15.0 Å². The van der Waals surface area contributed by atoms with Gasteiger partial charge in [0.25, 0.3) is 0 Å². The highest BCUT2D eigenvalue weighted by molar-refractivity contribution is 7.13. The highest BCUT2D eigenvalue weighted by Gasteiger charge is 2.18. The maximum atomic E-state index is 10.7. The summed E-state index contributed by atoms with van der Waals surface area (Å²) in [7, 11) is 0. The van der Waals surface area contributed by atoms with Crippen LogP contribution in [-0.2, 0) is 16.1 Å². The largest absolute Gasteiger partial charge is 0.480 e. The van der Waals surface area contributed by atoms with Gasteiger partial charge >= 0.3 is 11.9 Å². The quantitative estimate of drug-likeness (QED) is 0.769. The van der Waals surface area contributed by atoms with Gasteiger partial charge in [-0.15, -0.1) is 11.3 Å². The van der Waals surface area contributed by atoms with E-state index >= 15 is 0 Å². The Kier molecular flexibility index (Phi) is 4.43. The minimum Gasteiger partial charge on any atom is -0.480 e. The number of hydrogen-bond donors (Lipinski definition) is 2. The summed E-state index contributed by atoms with van der Waals surface area (Å²) in [6.07, 6.45) is 0. The van der Waals surface area contributed by atoms with E-state index in [1.54, 1.807) is 0 Å². The topological polar surface area (TPSA) is 117 Å². The molecular formula is C11H11N3O5S. The molecule has 9 heteroatoms. The zero-order valence-corrected chi connectivity index (χ0v) is 11.0. The molecule has 0 aliphatic rings. The van der Waals surface area contributed by atoms with Crippen LogP contribution in [0.1, 0.15) is 5.89 Å². The normalized spacial score (nSPS) is 10.8. The van der Waals surface area contributed by atoms with Crippen molar-refractivity contribution in [1.29, 1.82) is 0 Å². The van der Waals surface area contributed by atoms with Crippen molar-refractivity contribution in [3.8, 4) is 10.7 Å². The Hall–Kier alpha value is -2.26. The molecule has 0 bridgehead atoms. The predicted octanol–water partition coefficient (Wildman–Crippen LogP) is 0.769. The molecule has 0 atom stereocenters. The maximum absolute atomic E-state index is 10.7. The van der Waals surface area contributed by atoms with Gasteiger partial charge in [-0.3, -0.25) is 14.5 Å². The summed E-state index contributed by atoms with van der Waals surface area (Å²) in [6, 6.07) is 3.67. The zero-order valence-electron chi connectivity index (χ0n) is 10.2. The van der Waals surface area contributed by atoms with E-state index < -0.39 is 25.0 Å². The lowest BCUT2D eigenvalue weighted by Gasteiger charge is -2.14. The fraction of sp³-hybridized carbons (Fsp3) is 0.273. The molecule has 0 saturated carbocycles. The van der Waals surface area contributed by atoms with Gasteiger partial charge in [-0.05, 0) is 11.4 Å². The zero-order chi connectivity index (χ0) is 14.5. The van der Waals surface area contributed by atoms with Crippen LogP contribution in [0.3, 0.4) is 0 Å². The van der Waals surface area contributed by atoms with Gasteiger partial charge in [-0.2, -0.15) is 4.98 Å². The first-order chi connectivity index (χ1) is 9.54. The first-order valence-corrected chi connectivity index (χ1v) is 6.45. The van der Waals surface area contributed by atoms with Gasteiger partial charge in [0.2, 0.25) is 11.7 Å². The Morgan fingerprint density at radius 2 is 2.00 bits per heavy atom. The monoisotopic (exact) mass is 297 g/mol. The number of hydrogen-bond acceptors (Lipinski definition) is 7. The Morgan fingerprint density at radius 1 is 1.30 bits per heavy atom. The third kappa shape index (κ3) is 3.87. The highest BCUT2D eigenvalue weighted by atomic mass is 32.1. The van der Waals surface area contributed by atoms with Crippen molar-refractivity contribution in [2.75, 3.05) is 13.1 Å². The fourth-order valence-electron chi connectivity index (χ4n) is 1.57. The van der Waals surface area contributed by atoms with Gasteiger partial charge in [0.05, 0.1) is 24.5 Å². The van der Waals surface area contributed by atoms with Crippen molar-refractivity contribution in [3.63, 3.8) is 0 Å². The summed E-state index contributed by atoms with van der Waals surface area (Å²) >= 11 is 1.44. The van der Waals surface area contributed by atoms with Gasteiger partial charge in [0, 0.05) is 0 Å². The van der Waals surface area contributed by atoms with E-state index in [1.807, 2.05) is 17.5 Å². The van der Waals surface area contributed by atoms with Crippen LogP contribution in [0.15, 0.2) is 22.0 Å². The molecule has 0 saturated heterocycles. The average Bonchev–Trinajstić information content (AvgIpc) is 2.95. The second-order valence-corrected chi connectivity index (χ2v) is 4.87. The molecule has 0 amide bonds. The number of nitrogens with zero attached hydrogens (tertiary/aromatic N) is 3. The van der Waals surface area contributed by atoms with E-state index in [2.05, 4.69) is 10.1 Å². The second-order valence-electron chi connectivity index (χ2n) is 3.92. The third-order valence-corrected chi connectivity index (χ3v) is 3.15. The highest BCUT2D eigenvalue weighted by Crippen LogP contribution is 2.21. The van der Waals surface area contributed by atoms with Crippen LogP contribution in [0.2, 0.25) is 0 Å². The molecule has 2 N–H and O–H groups in total. The number of rotatable bonds is 7. The van der Waals surface area contributed by atoms with Crippen molar-refractivity contribution in [2.24, 2.45) is 0 Å². The molecule has 2 aromatic heterocycles. The van der Waals surface area contributed by atoms with Gasteiger partial charge in [-0.25, -0.2) is 0 Å². The Morgan fingerprint density at radius 3 is 2.55 bits per heavy atom. The van der Waals surface area contributed by atoms with Crippen LogP contribution in [-0.4, -0.2) is 50.3 Å². The first kappa shape index (κ1) is 14.2. The summed E-state index contributed by atoms with van der Waals surface area (Å²) in [5.41, 5.74) is 0. The van der Waals surface area contributed by atoms with E-state index in [0.29, 0.717) is 5.82 Å². The van der Waals surface area contributed by atoms with Crippen molar-refractivity contribution in [3.05, 3.63) is 23.4 Å². The lowest BCUT2D eigenvalue weighted by Crippen LogP contribution is -2.34. The molecule has 8 nitrogen and oxygen atoms in total. The average molecular weight is 297 g/mol. The molecule has 0 fully saturated rings. The van der Waals surface area contributed by atoms with E-state index in [-0.39, 0.29) is 12.4 Å². The fourth-order valence-corrected chi connectivity index (χ4v) is 2.22. The molecule has 0 aliphatic carbocycles. The van der Waals surface area contributed by atoms with Crippen molar-refractivity contribution < 1.29 is 24.3 Å². The Balaban J connectivity index is 2.06. The number of carboxylic acid groups (broad SMARTS) is 2. The number of thiophene rings is 1. The van der Waals surface area contributed by atoms with Crippen molar-refractivity contribution >= 4 is 23.3 Å². The summed E-state index contributed by atoms with van der Waals surface area (Å²) < 4.78 is 5.00. The van der Waals surface area contributed by atoms with Gasteiger partial charge in [-0.1, -0.05) is 11.2 Å². The lowest BCUT2D eigenvalue weighted by atomic mass is 10.4. The first-order valence-electron chi connectivity index (χ1n) is 5.57. The summed E-state index contributed by atoms with van der Waals surface area (Å²) in [5.74, 6) is -1.66. The molecular weight excluding hydrogens is 286 g/mol. The molecule has 2 aromatic rings. The van der Waals surface area contributed by atoms with E-state index in [0.717, 1.165) is 4.88 Å². The standard InChI is InChI=1S/C11H11N3O5S/c15-9(16)5-14(6-10(17)18)4-8-12-11(13-19-8)7-2-1-3-20-7/h1-3H,4-6H2,(H,15,16)(H,17,18). The second kappa shape index (κ2) is 6.26. The molecule has 0 aliphatic heterocycles. The molecule has 106 valence electrons. The molecule has 2 heterocycles. The molecule has 0 spiro atoms. The van der Waals surface area contributed by atoms with E-state index in [4.69, 9.17) is 14.7 Å². The number of carboxylic acids is 2. The smallest absolute Gasteiger partial charge is 0.317 e. The molecule has 20 heavy (non-hydrogen) atoms. The van der Waals surface area contributed by atoms with Crippen LogP contribution in [0, 0.1) is 0 Å². The number of carbonyl (C=O) groups is 2. The van der Waals surface area contributed by atoms with Gasteiger partial charge < -0.3 is 14.7 Å². The van der Waals surface area contributed by atoms with Gasteiger partial charge in [0.1, 0.15) is 0 Å². The number of aliphatic carboxylic acids is 2. The minimum atomic E-state index is -1.12. The van der Waals surface area contributed by atoms with Gasteiger partial charge in [0.15, 0.2) is 0 Å². The minimum absolute atomic E-state index is 0.0308. The SMILES string of the molecule is O=C(O)CN(CC(=O)O)Cc1nc(-c2cccs2)no1. The van der Waals surface area contributed by atoms with Crippen LogP contribution < -0.4 is 0 Å². The molecule has 0 unspecified atom stereocenters. The van der Waals surface area contributed by atoms with E-state index in [9.17, 15) is 9.59 Å². The number of aromatic nitrogens is 2. The predicted molar refractivity (Wildman–Crippen MR) is 68.2 cm³/mol. The van der Waals surface area contributed by atoms with E-state index in [1.165, 1.54) is 16.2 Å². The van der Waals surface area contributed by atoms with Crippen LogP contribution in [0.25, 0.3) is 10.7 Å². The summed E-state index contributed by atoms with van der Waals surface area (Å²) in [4.78, 5) is 27.5. The maximum Gasteiger partial charge on any atom is 0.317 e. The van der Waals surface area contributed by atoms with Crippen molar-refractivity contribution in [2.45, 2.75) is 6.54 Å². The third-order valence-electron chi connectivity index (χ3n) is 2.29. The molecule has 2 rings (SSSR count). The molecule has 0 aromatic carbocycles. The Labute approximate surface area is 117 Å². The summed E-state index contributed by atoms with van der Waals surface area (Å²) in [5, 5.41) is 23.1. The lowest BCUT2D eigenvalue weighted by molar-refractivity contribution is -0.142. The van der Waals surface area contributed by atoms with Crippen LogP contribution >= 0.6 is 11.3 Å². The Bertz CT molecular complexity index is 579. The molecule has 0 radical (unpaired) electrons. The summed E-state index contributed by atoms with van der Waals surface area (Å²) in [6.45, 7) is -0.858.